The molecular formula is C25H27NO9S. The van der Waals surface area contributed by atoms with Crippen LogP contribution in [0.1, 0.15) is 26.3 Å². The molecule has 0 aromatic heterocycles. The maximum Gasteiger partial charge on any atom is 0.349 e. The summed E-state index contributed by atoms with van der Waals surface area (Å²) in [6.07, 6.45) is 1.83. The maximum atomic E-state index is 13.2. The smallest absolute Gasteiger partial charge is 0.349 e. The number of sulfone groups is 1. The number of hydrogen-bond acceptors (Lipinski definition) is 9. The average molecular weight is 518 g/mol. The Hall–Kier alpha value is -3.70. The Kier molecular flexibility index (Phi) is 8.16. The number of ether oxygens (including phenoxy) is 4. The van der Waals surface area contributed by atoms with E-state index >= 15 is 0 Å². The molecule has 0 aliphatic carbocycles. The van der Waals surface area contributed by atoms with Crippen molar-refractivity contribution in [2.24, 2.45) is 0 Å². The van der Waals surface area contributed by atoms with Gasteiger partial charge in [-0.05, 0) is 61.9 Å². The summed E-state index contributed by atoms with van der Waals surface area (Å²) >= 11 is 0. The molecule has 3 rings (SSSR count). The van der Waals surface area contributed by atoms with Crippen molar-refractivity contribution in [1.82, 2.24) is 0 Å². The highest BCUT2D eigenvalue weighted by Crippen LogP contribution is 2.36. The first-order valence-corrected chi connectivity index (χ1v) is 12.5. The van der Waals surface area contributed by atoms with Gasteiger partial charge in [-0.25, -0.2) is 13.2 Å². The zero-order chi connectivity index (χ0) is 26.5. The second-order valence-electron chi connectivity index (χ2n) is 8.01. The number of nitrogens with zero attached hydrogens (tertiary/aromatic N) is 1. The Bertz CT molecular complexity index is 1290. The van der Waals surface area contributed by atoms with Crippen molar-refractivity contribution >= 4 is 21.9 Å². The molecule has 36 heavy (non-hydrogen) atoms. The highest BCUT2D eigenvalue weighted by Gasteiger charge is 2.60. The van der Waals surface area contributed by atoms with E-state index in [1.54, 1.807) is 44.2 Å². The standard InChI is InChI=1S/C25H27NO9S/c1-5-33-24(27)17(2)15-18-11-12-20(21(16-18)32-4)34-23-14-13-22(35-23)25(3,26(28)29)36(30,31)19-9-7-6-8-10-19/h6-16,22-23H,5H2,1-4H3/b17-15+/t22-,23+,25?/m0/s1. The summed E-state index contributed by atoms with van der Waals surface area (Å²) in [6.45, 7) is 4.62. The second-order valence-corrected chi connectivity index (χ2v) is 10.3. The van der Waals surface area contributed by atoms with Gasteiger partial charge in [0.2, 0.25) is 6.29 Å². The molecule has 0 amide bonds. The van der Waals surface area contributed by atoms with E-state index in [1.807, 2.05) is 0 Å². The third-order valence-electron chi connectivity index (χ3n) is 5.62. The van der Waals surface area contributed by atoms with Crippen molar-refractivity contribution in [3.05, 3.63) is 81.9 Å². The van der Waals surface area contributed by atoms with Crippen LogP contribution in [0.5, 0.6) is 11.5 Å². The van der Waals surface area contributed by atoms with Gasteiger partial charge in [0.1, 0.15) is 0 Å². The van der Waals surface area contributed by atoms with Crippen LogP contribution in [0, 0.1) is 10.1 Å². The molecule has 0 radical (unpaired) electrons. The quantitative estimate of drug-likeness (QED) is 0.152. The van der Waals surface area contributed by atoms with Crippen LogP contribution in [0.4, 0.5) is 0 Å². The lowest BCUT2D eigenvalue weighted by atomic mass is 10.1. The van der Waals surface area contributed by atoms with E-state index in [4.69, 9.17) is 18.9 Å². The van der Waals surface area contributed by atoms with Gasteiger partial charge in [0.05, 0.1) is 18.6 Å². The lowest BCUT2D eigenvalue weighted by Crippen LogP contribution is -2.53. The van der Waals surface area contributed by atoms with Crippen LogP contribution in [0.25, 0.3) is 6.08 Å². The van der Waals surface area contributed by atoms with Crippen LogP contribution in [0.3, 0.4) is 0 Å². The van der Waals surface area contributed by atoms with E-state index in [0.29, 0.717) is 16.9 Å². The molecule has 0 saturated carbocycles. The molecule has 1 heterocycles. The SMILES string of the molecule is CCOC(=O)/C(C)=C/c1ccc(O[C@H]2C=C[C@@H](C(C)([N+](=O)[O-])S(=O)(=O)c3ccccc3)O2)c(OC)c1. The first-order valence-electron chi connectivity index (χ1n) is 11.0. The second kappa shape index (κ2) is 10.9. The lowest BCUT2D eigenvalue weighted by molar-refractivity contribution is -0.547. The molecule has 192 valence electrons. The Morgan fingerprint density at radius 3 is 2.47 bits per heavy atom. The third-order valence-corrected chi connectivity index (χ3v) is 7.99. The molecule has 11 heteroatoms. The molecule has 1 aliphatic heterocycles. The number of benzene rings is 2. The molecule has 10 nitrogen and oxygen atoms in total. The fourth-order valence-electron chi connectivity index (χ4n) is 3.54. The van der Waals surface area contributed by atoms with Crippen LogP contribution in [-0.4, -0.2) is 50.3 Å². The normalized spacial score (nSPS) is 19.4. The Morgan fingerprint density at radius 2 is 1.86 bits per heavy atom. The van der Waals surface area contributed by atoms with E-state index in [9.17, 15) is 23.3 Å². The number of hydrogen-bond donors (Lipinski definition) is 0. The summed E-state index contributed by atoms with van der Waals surface area (Å²) < 4.78 is 48.2. The summed E-state index contributed by atoms with van der Waals surface area (Å²) in [7, 11) is -2.99. The van der Waals surface area contributed by atoms with Gasteiger partial charge in [-0.2, -0.15) is 0 Å². The first kappa shape index (κ1) is 26.9. The average Bonchev–Trinajstić information content (AvgIpc) is 3.33. The molecule has 0 spiro atoms. The van der Waals surface area contributed by atoms with E-state index in [0.717, 1.165) is 6.92 Å². The Morgan fingerprint density at radius 1 is 1.17 bits per heavy atom. The third kappa shape index (κ3) is 5.26. The monoisotopic (exact) mass is 517 g/mol. The van der Waals surface area contributed by atoms with Crippen LogP contribution in [-0.2, 0) is 24.1 Å². The van der Waals surface area contributed by atoms with Crippen LogP contribution < -0.4 is 9.47 Å². The number of methoxy groups -OCH3 is 1. The van der Waals surface area contributed by atoms with Crippen LogP contribution >= 0.6 is 0 Å². The van der Waals surface area contributed by atoms with E-state index in [1.165, 1.54) is 43.5 Å². The van der Waals surface area contributed by atoms with Crippen LogP contribution in [0.2, 0.25) is 0 Å². The molecule has 1 unspecified atom stereocenters. The maximum absolute atomic E-state index is 13.2. The molecule has 1 aliphatic rings. The minimum Gasteiger partial charge on any atom is -0.493 e. The lowest BCUT2D eigenvalue weighted by Gasteiger charge is -2.26. The van der Waals surface area contributed by atoms with Crippen molar-refractivity contribution in [3.8, 4) is 11.5 Å². The number of esters is 1. The van der Waals surface area contributed by atoms with Crippen molar-refractivity contribution in [3.63, 3.8) is 0 Å². The molecule has 0 fully saturated rings. The van der Waals surface area contributed by atoms with Gasteiger partial charge in [0.15, 0.2) is 17.6 Å². The van der Waals surface area contributed by atoms with Gasteiger partial charge >= 0.3 is 10.8 Å². The predicted octanol–water partition coefficient (Wildman–Crippen LogP) is 3.79. The van der Waals surface area contributed by atoms with Gasteiger partial charge in [-0.1, -0.05) is 24.3 Å². The summed E-state index contributed by atoms with van der Waals surface area (Å²) in [4.78, 5) is 20.3. The van der Waals surface area contributed by atoms with Crippen molar-refractivity contribution in [1.29, 1.82) is 0 Å². The summed E-state index contributed by atoms with van der Waals surface area (Å²) in [5.41, 5.74) is 1.05. The van der Waals surface area contributed by atoms with E-state index in [-0.39, 0.29) is 17.3 Å². The topological polar surface area (TPSA) is 131 Å². The largest absolute Gasteiger partial charge is 0.493 e. The first-order chi connectivity index (χ1) is 17.0. The highest BCUT2D eigenvalue weighted by atomic mass is 32.2. The predicted molar refractivity (Wildman–Crippen MR) is 131 cm³/mol. The fraction of sp³-hybridized carbons (Fsp3) is 0.320. The number of nitro groups is 1. The number of carbonyl (C=O) groups is 1. The van der Waals surface area contributed by atoms with Crippen LogP contribution in [0.15, 0.2) is 71.2 Å². The zero-order valence-electron chi connectivity index (χ0n) is 20.2. The van der Waals surface area contributed by atoms with E-state index in [2.05, 4.69) is 0 Å². The summed E-state index contributed by atoms with van der Waals surface area (Å²) in [5, 5.41) is 12.0. The summed E-state index contributed by atoms with van der Waals surface area (Å²) in [6, 6.07) is 12.1. The number of rotatable bonds is 10. The molecule has 3 atom stereocenters. The number of carbonyl (C=O) groups excluding carboxylic acids is 1. The Balaban J connectivity index is 1.81. The fourth-order valence-corrected chi connectivity index (χ4v) is 5.17. The minimum atomic E-state index is -4.42. The molecule has 0 bridgehead atoms. The molecule has 0 saturated heterocycles. The zero-order valence-corrected chi connectivity index (χ0v) is 21.1. The van der Waals surface area contributed by atoms with E-state index < -0.39 is 38.0 Å². The van der Waals surface area contributed by atoms with Crippen molar-refractivity contribution < 1.29 is 37.1 Å². The van der Waals surface area contributed by atoms with Gasteiger partial charge < -0.3 is 18.9 Å². The van der Waals surface area contributed by atoms with Crippen molar-refractivity contribution in [2.45, 2.75) is 42.9 Å². The van der Waals surface area contributed by atoms with Crippen molar-refractivity contribution in [2.75, 3.05) is 13.7 Å². The Labute approximate surface area is 209 Å². The summed E-state index contributed by atoms with van der Waals surface area (Å²) in [5.74, 6) is 0.133. The van der Waals surface area contributed by atoms with Gasteiger partial charge in [-0.3, -0.25) is 10.1 Å². The molecule has 2 aromatic rings. The highest BCUT2D eigenvalue weighted by molar-refractivity contribution is 7.92. The minimum absolute atomic E-state index is 0.186. The van der Waals surface area contributed by atoms with Gasteiger partial charge in [-0.15, -0.1) is 0 Å². The molecule has 2 aromatic carbocycles. The molecular weight excluding hydrogens is 490 g/mol. The van der Waals surface area contributed by atoms with Gasteiger partial charge in [0, 0.05) is 17.4 Å². The van der Waals surface area contributed by atoms with Gasteiger partial charge in [0.25, 0.3) is 9.84 Å². The molecule has 0 N–H and O–H groups in total.